The second-order valence-electron chi connectivity index (χ2n) is 24.5. The van der Waals surface area contributed by atoms with Gasteiger partial charge in [0.15, 0.2) is 0 Å². The molecule has 6 aromatic carbocycles. The number of carbonyl (C=O) groups excluding carboxylic acids is 4. The van der Waals surface area contributed by atoms with Gasteiger partial charge in [0.05, 0.1) is 18.8 Å². The number of hydrogen-bond donors (Lipinski definition) is 9. The third-order valence-corrected chi connectivity index (χ3v) is 17.2. The molecule has 5 heterocycles. The number of rotatable bonds is 20. The lowest BCUT2D eigenvalue weighted by Gasteiger charge is -2.35. The Balaban J connectivity index is 0.000000188. The van der Waals surface area contributed by atoms with Gasteiger partial charge in [-0.2, -0.15) is 13.2 Å². The smallest absolute Gasteiger partial charge is 0.416 e. The number of carbonyl (C=O) groups is 4. The summed E-state index contributed by atoms with van der Waals surface area (Å²) in [5, 5.41) is 28.2. The van der Waals surface area contributed by atoms with Gasteiger partial charge in [-0.15, -0.1) is 5.10 Å². The van der Waals surface area contributed by atoms with Gasteiger partial charge < -0.3 is 57.2 Å². The van der Waals surface area contributed by atoms with Gasteiger partial charge in [-0.1, -0.05) is 104 Å². The summed E-state index contributed by atoms with van der Waals surface area (Å²) in [5.41, 5.74) is 7.63. The molecule has 10 N–H and O–H groups in total. The van der Waals surface area contributed by atoms with Crippen molar-refractivity contribution in [1.82, 2.24) is 55.2 Å². The van der Waals surface area contributed by atoms with E-state index in [4.69, 9.17) is 4.74 Å². The molecule has 0 aliphatic carbocycles. The van der Waals surface area contributed by atoms with Crippen molar-refractivity contribution in [3.63, 3.8) is 0 Å². The van der Waals surface area contributed by atoms with E-state index in [9.17, 15) is 37.3 Å². The normalized spacial score (nSPS) is 15.4. The summed E-state index contributed by atoms with van der Waals surface area (Å²) in [6.45, 7) is 27.0. The standard InChI is InChI=1S/C21H28N4O.C20H20F3N3O2.C17H24N6O.C15H22N4O2.H2O/c1-18-7-5-6-8-19(18)17-25-15-13-24(14-16-25)12-11-22-21(26)23-20-9-3-2-4-10-20;1-14(26-9-11-28-12-10-26)15-5-7-17(8-6-15)24-19(27)25-18-4-2-3-16(13-18)20(21,22)23;1-2-23-13-18-16(21-23)20-17(24)19-15-8-10-22(11-9-15)12-14-6-4-3-5-7-14;1-2-9-19-10-7-13(8-11-19)17-15(20)16-12-3-5-14(18-21)6-4-12;/h2-10H,11-17H2,1H3,(H2,22,23,26);2-8,13H,1,9-12H2,(H2,24,25,27);3-7,13,15H,2,8-12H2,1H3,(H2,19,20,21,24);3-6,13H,2,7-11H2,1H3,(H2,16,17,20);1H2. The molecule has 11 rings (SSSR count). The minimum atomic E-state index is -4.47. The fraction of sp³-hybridized carbons (Fsp3) is 0.397. The number of piperazine rings is 1. The van der Waals surface area contributed by atoms with Gasteiger partial charge in [-0.3, -0.25) is 24.7 Å². The molecule has 7 aromatic rings. The second kappa shape index (κ2) is 41.0. The molecular weight excluding hydrogens is 1280 g/mol. The first-order valence-electron chi connectivity index (χ1n) is 33.9. The Morgan fingerprint density at radius 2 is 1.09 bits per heavy atom. The number of hydrogen-bond acceptors (Lipinski definition) is 14. The fourth-order valence-electron chi connectivity index (χ4n) is 11.5. The average molecular weight is 1380 g/mol. The number of nitrogens with one attached hydrogen (secondary N) is 9. The number of benzene rings is 6. The van der Waals surface area contributed by atoms with E-state index >= 15 is 0 Å². The number of para-hydroxylation sites is 1. The molecule has 4 aliphatic heterocycles. The van der Waals surface area contributed by atoms with Crippen LogP contribution in [-0.4, -0.2) is 179 Å². The highest BCUT2D eigenvalue weighted by Crippen LogP contribution is 2.31. The number of urea groups is 4. The van der Waals surface area contributed by atoms with Gasteiger partial charge >= 0.3 is 30.3 Å². The fourth-order valence-corrected chi connectivity index (χ4v) is 11.5. The van der Waals surface area contributed by atoms with Crippen LogP contribution < -0.4 is 47.7 Å². The highest BCUT2D eigenvalue weighted by molar-refractivity contribution is 6.00. The summed E-state index contributed by atoms with van der Waals surface area (Å²) in [6, 6.07) is 46.1. The van der Waals surface area contributed by atoms with Crippen molar-refractivity contribution in [2.24, 2.45) is 0 Å². The monoisotopic (exact) mass is 1380 g/mol. The molecule has 4 fully saturated rings. The summed E-state index contributed by atoms with van der Waals surface area (Å²) in [5.74, 6) is 0.343. The van der Waals surface area contributed by atoms with Crippen molar-refractivity contribution in [2.45, 2.75) is 90.8 Å². The van der Waals surface area contributed by atoms with Gasteiger partial charge in [0, 0.05) is 161 Å². The molecule has 0 unspecified atom stereocenters. The lowest BCUT2D eigenvalue weighted by molar-refractivity contribution is -0.379. The van der Waals surface area contributed by atoms with E-state index in [1.807, 2.05) is 55.5 Å². The Hall–Kier alpha value is -9.77. The van der Waals surface area contributed by atoms with Gasteiger partial charge in [0.2, 0.25) is 5.95 Å². The van der Waals surface area contributed by atoms with Gasteiger partial charge in [-0.05, 0) is 129 Å². The number of aryl methyl sites for hydroxylation is 2. The van der Waals surface area contributed by atoms with E-state index < -0.39 is 17.8 Å². The SMILES string of the molecule is C=C(c1ccc(NC(=O)Nc2cccc(C(F)(F)F)c2)cc1)N1CCOCC1.CCCN1CCC(NC(=O)Nc2ccc([NH+]=O)cc2)CC1.CCn1cnc(NC(=O)NC2CCN(Cc3ccccc3)CC2)n1.Cc1ccccc1CN1CCN(CCNC(=O)Nc2ccccc2)CC1.[OH-]. The number of nitrogens with zero attached hydrogens (tertiary/aromatic N) is 8. The van der Waals surface area contributed by atoms with Crippen LogP contribution in [0, 0.1) is 11.8 Å². The predicted molar refractivity (Wildman–Crippen MR) is 385 cm³/mol. The molecule has 4 aliphatic rings. The Bertz CT molecular complexity index is 3600. The first kappa shape index (κ1) is 77.6. The van der Waals surface area contributed by atoms with Crippen molar-refractivity contribution >= 4 is 64.2 Å². The van der Waals surface area contributed by atoms with E-state index in [0.29, 0.717) is 42.8 Å². The molecule has 0 spiro atoms. The Labute approximate surface area is 583 Å². The maximum Gasteiger partial charge on any atom is 0.416 e. The number of halogens is 3. The van der Waals surface area contributed by atoms with Crippen molar-refractivity contribution in [3.05, 3.63) is 203 Å². The zero-order valence-electron chi connectivity index (χ0n) is 57.3. The quantitative estimate of drug-likeness (QED) is 0.0343. The summed E-state index contributed by atoms with van der Waals surface area (Å²) in [6.07, 6.45) is 2.21. The highest BCUT2D eigenvalue weighted by atomic mass is 19.4. The van der Waals surface area contributed by atoms with Crippen molar-refractivity contribution in [2.75, 3.05) is 125 Å². The molecule has 0 bridgehead atoms. The number of nitroso groups, excluding NO2 is 1. The lowest BCUT2D eigenvalue weighted by atomic mass is 10.0. The summed E-state index contributed by atoms with van der Waals surface area (Å²) >= 11 is 0. The third kappa shape index (κ3) is 27.2. The maximum absolute atomic E-state index is 12.7. The Kier molecular flexibility index (Phi) is 31.8. The number of likely N-dealkylation sites (tertiary alicyclic amines) is 2. The van der Waals surface area contributed by atoms with Crippen LogP contribution in [0.25, 0.3) is 5.70 Å². The highest BCUT2D eigenvalue weighted by Gasteiger charge is 2.31. The molecule has 4 saturated heterocycles. The van der Waals surface area contributed by atoms with Crippen LogP contribution in [0.1, 0.15) is 73.8 Å². The molecule has 24 nitrogen and oxygen atoms in total. The number of ether oxygens (including phenoxy) is 1. The predicted octanol–water partition coefficient (Wildman–Crippen LogP) is 10.7. The molecule has 536 valence electrons. The molecule has 27 heteroatoms. The number of amides is 8. The number of piperidine rings is 2. The van der Waals surface area contributed by atoms with Crippen LogP contribution in [0.2, 0.25) is 0 Å². The lowest BCUT2D eigenvalue weighted by Crippen LogP contribution is -2.55. The van der Waals surface area contributed by atoms with Crippen LogP contribution in [0.5, 0.6) is 0 Å². The third-order valence-electron chi connectivity index (χ3n) is 17.2. The zero-order valence-corrected chi connectivity index (χ0v) is 57.3. The van der Waals surface area contributed by atoms with E-state index in [1.165, 1.54) is 35.2 Å². The van der Waals surface area contributed by atoms with Crippen LogP contribution in [-0.2, 0) is 30.5 Å². The van der Waals surface area contributed by atoms with Gasteiger partial charge in [0.1, 0.15) is 6.33 Å². The van der Waals surface area contributed by atoms with E-state index in [2.05, 4.69) is 146 Å². The molecule has 1 aromatic heterocycles. The minimum absolute atomic E-state index is 0. The van der Waals surface area contributed by atoms with Crippen LogP contribution in [0.15, 0.2) is 171 Å². The zero-order chi connectivity index (χ0) is 70.2. The second-order valence-corrected chi connectivity index (χ2v) is 24.5. The summed E-state index contributed by atoms with van der Waals surface area (Å²) in [7, 11) is 0. The van der Waals surface area contributed by atoms with Crippen molar-refractivity contribution in [3.8, 4) is 0 Å². The van der Waals surface area contributed by atoms with E-state index in [1.54, 1.807) is 52.6 Å². The van der Waals surface area contributed by atoms with Gasteiger partial charge in [-0.25, -0.2) is 24.2 Å². The molecule has 0 saturated carbocycles. The number of aromatic nitrogens is 3. The molecule has 0 atom stereocenters. The Morgan fingerprint density at radius 1 is 0.570 bits per heavy atom. The van der Waals surface area contributed by atoms with E-state index in [-0.39, 0.29) is 41.3 Å². The largest absolute Gasteiger partial charge is 0.870 e. The number of alkyl halides is 3. The molecule has 8 amide bonds. The average Bonchev–Trinajstić information content (AvgIpc) is 1.02. The maximum atomic E-state index is 12.7. The Morgan fingerprint density at radius 3 is 1.69 bits per heavy atom. The summed E-state index contributed by atoms with van der Waals surface area (Å²) in [4.78, 5) is 74.3. The number of anilines is 5. The summed E-state index contributed by atoms with van der Waals surface area (Å²) < 4.78 is 45.2. The van der Waals surface area contributed by atoms with E-state index in [0.717, 1.165) is 153 Å². The van der Waals surface area contributed by atoms with Crippen molar-refractivity contribution in [1.29, 1.82) is 0 Å². The van der Waals surface area contributed by atoms with Crippen LogP contribution in [0.3, 0.4) is 0 Å². The number of morpholine rings is 1. The first-order valence-corrected chi connectivity index (χ1v) is 33.9. The molecule has 0 radical (unpaired) electrons. The van der Waals surface area contributed by atoms with Crippen molar-refractivity contribution < 1.29 is 47.7 Å². The van der Waals surface area contributed by atoms with Crippen LogP contribution in [0.4, 0.5) is 66.7 Å². The first-order chi connectivity index (χ1) is 48.0. The molecular formula is C73H96F3N17O7. The van der Waals surface area contributed by atoms with Crippen LogP contribution >= 0.6 is 0 Å². The minimum Gasteiger partial charge on any atom is -0.870 e. The topological polar surface area (TPSA) is 282 Å². The van der Waals surface area contributed by atoms with Gasteiger partial charge in [0.25, 0.3) is 5.69 Å². The molecule has 100 heavy (non-hydrogen) atoms.